The maximum atomic E-state index is 12.6. The highest BCUT2D eigenvalue weighted by Crippen LogP contribution is 2.21. The molecule has 0 atom stereocenters. The highest BCUT2D eigenvalue weighted by Gasteiger charge is 2.27. The maximum absolute atomic E-state index is 12.6. The van der Waals surface area contributed by atoms with E-state index in [1.54, 1.807) is 12.1 Å². The van der Waals surface area contributed by atoms with Crippen LogP contribution in [-0.4, -0.2) is 49.7 Å². The van der Waals surface area contributed by atoms with Crippen LogP contribution in [0.15, 0.2) is 53.4 Å². The molecular weight excluding hydrogens is 398 g/mol. The summed E-state index contributed by atoms with van der Waals surface area (Å²) in [6.45, 7) is 4.85. The van der Waals surface area contributed by atoms with Gasteiger partial charge in [-0.15, -0.1) is 0 Å². The van der Waals surface area contributed by atoms with Gasteiger partial charge >= 0.3 is 0 Å². The highest BCUT2D eigenvalue weighted by molar-refractivity contribution is 7.89. The van der Waals surface area contributed by atoms with E-state index in [4.69, 9.17) is 0 Å². The zero-order valence-corrected chi connectivity index (χ0v) is 18.0. The minimum atomic E-state index is -3.45. The summed E-state index contributed by atoms with van der Waals surface area (Å²) < 4.78 is 26.7. The van der Waals surface area contributed by atoms with Crippen LogP contribution in [0.2, 0.25) is 0 Å². The number of nitrogens with zero attached hydrogens (tertiary/aromatic N) is 2. The number of rotatable bonds is 7. The van der Waals surface area contributed by atoms with Gasteiger partial charge in [0.1, 0.15) is 0 Å². The molecule has 1 amide bonds. The van der Waals surface area contributed by atoms with Gasteiger partial charge in [0.25, 0.3) is 5.91 Å². The third-order valence-corrected chi connectivity index (χ3v) is 7.78. The van der Waals surface area contributed by atoms with Crippen molar-refractivity contribution in [2.24, 2.45) is 0 Å². The Bertz CT molecular complexity index is 977. The molecule has 2 saturated heterocycles. The van der Waals surface area contributed by atoms with Crippen molar-refractivity contribution in [3.63, 3.8) is 0 Å². The smallest absolute Gasteiger partial charge is 0.251 e. The SMILES string of the molecule is O=C(NCc1cccc(CN2CCCC2)c1)c1ccc(S(=O)(=O)N2CCCC2)cc1. The van der Waals surface area contributed by atoms with Crippen LogP contribution in [0.5, 0.6) is 0 Å². The van der Waals surface area contributed by atoms with E-state index in [9.17, 15) is 13.2 Å². The molecule has 0 bridgehead atoms. The number of hydrogen-bond donors (Lipinski definition) is 1. The van der Waals surface area contributed by atoms with Crippen molar-refractivity contribution in [3.05, 3.63) is 65.2 Å². The Morgan fingerprint density at radius 1 is 0.867 bits per heavy atom. The first-order valence-electron chi connectivity index (χ1n) is 10.7. The monoisotopic (exact) mass is 427 g/mol. The second-order valence-corrected chi connectivity index (χ2v) is 10.1. The average molecular weight is 428 g/mol. The number of carbonyl (C=O) groups excluding carboxylic acids is 1. The lowest BCUT2D eigenvalue weighted by Gasteiger charge is -2.16. The molecule has 160 valence electrons. The van der Waals surface area contributed by atoms with Crippen molar-refractivity contribution in [2.75, 3.05) is 26.2 Å². The van der Waals surface area contributed by atoms with Crippen LogP contribution in [0, 0.1) is 0 Å². The lowest BCUT2D eigenvalue weighted by atomic mass is 10.1. The Hall–Kier alpha value is -2.22. The van der Waals surface area contributed by atoms with Gasteiger partial charge in [-0.05, 0) is 74.2 Å². The summed E-state index contributed by atoms with van der Waals surface area (Å²) in [7, 11) is -3.45. The van der Waals surface area contributed by atoms with Gasteiger partial charge in [0.15, 0.2) is 0 Å². The predicted octanol–water partition coefficient (Wildman–Crippen LogP) is 3.00. The van der Waals surface area contributed by atoms with E-state index in [0.717, 1.165) is 38.0 Å². The van der Waals surface area contributed by atoms with Gasteiger partial charge in [0, 0.05) is 31.7 Å². The Labute approximate surface area is 178 Å². The molecule has 4 rings (SSSR count). The molecule has 30 heavy (non-hydrogen) atoms. The Morgan fingerprint density at radius 3 is 2.20 bits per heavy atom. The zero-order valence-electron chi connectivity index (χ0n) is 17.2. The number of carbonyl (C=O) groups is 1. The third kappa shape index (κ3) is 4.91. The summed E-state index contributed by atoms with van der Waals surface area (Å²) in [6.07, 6.45) is 4.35. The molecular formula is C23H29N3O3S. The van der Waals surface area contributed by atoms with Crippen LogP contribution >= 0.6 is 0 Å². The van der Waals surface area contributed by atoms with Crippen LogP contribution < -0.4 is 5.32 Å². The van der Waals surface area contributed by atoms with E-state index in [1.807, 2.05) is 12.1 Å². The molecule has 0 unspecified atom stereocenters. The van der Waals surface area contributed by atoms with Gasteiger partial charge < -0.3 is 5.32 Å². The summed E-state index contributed by atoms with van der Waals surface area (Å²) in [4.78, 5) is 15.2. The molecule has 6 nitrogen and oxygen atoms in total. The van der Waals surface area contributed by atoms with E-state index in [1.165, 1.54) is 34.8 Å². The lowest BCUT2D eigenvalue weighted by molar-refractivity contribution is 0.0951. The fourth-order valence-corrected chi connectivity index (χ4v) is 5.69. The summed E-state index contributed by atoms with van der Waals surface area (Å²) in [5.74, 6) is -0.204. The molecule has 7 heteroatoms. The summed E-state index contributed by atoms with van der Waals surface area (Å²) in [5.41, 5.74) is 2.79. The average Bonchev–Trinajstić information content (AvgIpc) is 3.47. The summed E-state index contributed by atoms with van der Waals surface area (Å²) in [6, 6.07) is 14.5. The van der Waals surface area contributed by atoms with Crippen molar-refractivity contribution in [1.82, 2.24) is 14.5 Å². The van der Waals surface area contributed by atoms with Crippen molar-refractivity contribution in [3.8, 4) is 0 Å². The predicted molar refractivity (Wildman–Crippen MR) is 117 cm³/mol. The van der Waals surface area contributed by atoms with Crippen LogP contribution in [0.4, 0.5) is 0 Å². The summed E-state index contributed by atoms with van der Waals surface area (Å²) >= 11 is 0. The normalized spacial score (nSPS) is 18.0. The second kappa shape index (κ2) is 9.29. The quantitative estimate of drug-likeness (QED) is 0.738. The fraction of sp³-hybridized carbons (Fsp3) is 0.435. The first kappa shape index (κ1) is 21.0. The number of benzene rings is 2. The van der Waals surface area contributed by atoms with Gasteiger partial charge in [0.2, 0.25) is 10.0 Å². The molecule has 2 aromatic carbocycles. The molecule has 0 spiro atoms. The molecule has 0 aliphatic carbocycles. The minimum Gasteiger partial charge on any atom is -0.348 e. The van der Waals surface area contributed by atoms with E-state index in [0.29, 0.717) is 25.2 Å². The van der Waals surface area contributed by atoms with E-state index >= 15 is 0 Å². The number of hydrogen-bond acceptors (Lipinski definition) is 4. The van der Waals surface area contributed by atoms with Gasteiger partial charge in [-0.1, -0.05) is 24.3 Å². The number of amides is 1. The molecule has 2 aliphatic rings. The molecule has 2 aromatic rings. The van der Waals surface area contributed by atoms with Crippen molar-refractivity contribution in [2.45, 2.75) is 43.7 Å². The standard InChI is InChI=1S/C23H29N3O3S/c27-23(21-8-10-22(11-9-21)30(28,29)26-14-3-4-15-26)24-17-19-6-5-7-20(16-19)18-25-12-1-2-13-25/h5-11,16H,1-4,12-15,17-18H2,(H,24,27). The van der Waals surface area contributed by atoms with Gasteiger partial charge in [-0.2, -0.15) is 4.31 Å². The summed E-state index contributed by atoms with van der Waals surface area (Å²) in [5, 5.41) is 2.94. The zero-order chi connectivity index (χ0) is 21.0. The molecule has 2 fully saturated rings. The van der Waals surface area contributed by atoms with Crippen molar-refractivity contribution >= 4 is 15.9 Å². The Kier molecular flexibility index (Phi) is 6.51. The first-order chi connectivity index (χ1) is 14.5. The molecule has 2 aliphatic heterocycles. The maximum Gasteiger partial charge on any atom is 0.251 e. The van der Waals surface area contributed by atoms with Gasteiger partial charge in [-0.3, -0.25) is 9.69 Å². The first-order valence-corrected chi connectivity index (χ1v) is 12.1. The number of likely N-dealkylation sites (tertiary alicyclic amines) is 1. The van der Waals surface area contributed by atoms with E-state index in [2.05, 4.69) is 22.3 Å². The molecule has 0 saturated carbocycles. The molecule has 2 heterocycles. The van der Waals surface area contributed by atoms with E-state index in [-0.39, 0.29) is 10.8 Å². The van der Waals surface area contributed by atoms with Crippen molar-refractivity contribution < 1.29 is 13.2 Å². The van der Waals surface area contributed by atoms with Gasteiger partial charge in [0.05, 0.1) is 4.90 Å². The van der Waals surface area contributed by atoms with Crippen molar-refractivity contribution in [1.29, 1.82) is 0 Å². The molecule has 0 aromatic heterocycles. The Morgan fingerprint density at radius 2 is 1.50 bits per heavy atom. The minimum absolute atomic E-state index is 0.204. The Balaban J connectivity index is 1.35. The molecule has 1 N–H and O–H groups in total. The number of nitrogens with one attached hydrogen (secondary N) is 1. The topological polar surface area (TPSA) is 69.7 Å². The third-order valence-electron chi connectivity index (χ3n) is 5.87. The van der Waals surface area contributed by atoms with Crippen LogP contribution in [-0.2, 0) is 23.1 Å². The number of sulfonamides is 1. The largest absolute Gasteiger partial charge is 0.348 e. The van der Waals surface area contributed by atoms with E-state index < -0.39 is 10.0 Å². The van der Waals surface area contributed by atoms with Crippen LogP contribution in [0.3, 0.4) is 0 Å². The van der Waals surface area contributed by atoms with Crippen LogP contribution in [0.25, 0.3) is 0 Å². The van der Waals surface area contributed by atoms with Gasteiger partial charge in [-0.25, -0.2) is 8.42 Å². The highest BCUT2D eigenvalue weighted by atomic mass is 32.2. The lowest BCUT2D eigenvalue weighted by Crippen LogP contribution is -2.28. The fourth-order valence-electron chi connectivity index (χ4n) is 4.18. The molecule has 0 radical (unpaired) electrons. The second-order valence-electron chi connectivity index (χ2n) is 8.12. The van der Waals surface area contributed by atoms with Crippen LogP contribution in [0.1, 0.15) is 47.2 Å².